The summed E-state index contributed by atoms with van der Waals surface area (Å²) in [5.41, 5.74) is 0.323. The van der Waals surface area contributed by atoms with Crippen LogP contribution < -0.4 is 4.74 Å². The van der Waals surface area contributed by atoms with E-state index in [2.05, 4.69) is 20.7 Å². The zero-order chi connectivity index (χ0) is 16.8. The number of halogens is 4. The fraction of sp³-hybridized carbons (Fsp3) is 0.125. The van der Waals surface area contributed by atoms with E-state index in [9.17, 15) is 22.8 Å². The van der Waals surface area contributed by atoms with E-state index in [1.165, 1.54) is 24.3 Å². The number of Topliss-reactive ketones (excluding diaryl/α,β-unsaturated/α-hetero) is 2. The van der Waals surface area contributed by atoms with Crippen LogP contribution in [0.15, 0.2) is 46.9 Å². The standard InChI is InChI=1S/C16H8BrF3O3/c17-8-5-6-11(12(7-8)23-16(18,19)20)13-14(21)9-3-1-2-4-10(9)15(13)22/h1-7,13H. The van der Waals surface area contributed by atoms with Gasteiger partial charge in [-0.15, -0.1) is 13.2 Å². The van der Waals surface area contributed by atoms with Crippen molar-refractivity contribution in [1.82, 2.24) is 0 Å². The van der Waals surface area contributed by atoms with E-state index in [1.807, 2.05) is 0 Å². The van der Waals surface area contributed by atoms with Crippen LogP contribution in [0.1, 0.15) is 32.2 Å². The highest BCUT2D eigenvalue weighted by Crippen LogP contribution is 2.40. The second-order valence-electron chi connectivity index (χ2n) is 4.94. The molecular formula is C16H8BrF3O3. The number of carbonyl (C=O) groups is 2. The van der Waals surface area contributed by atoms with Gasteiger partial charge in [0.05, 0.1) is 0 Å². The summed E-state index contributed by atoms with van der Waals surface area (Å²) < 4.78 is 42.1. The Bertz CT molecular complexity index is 779. The van der Waals surface area contributed by atoms with E-state index in [0.29, 0.717) is 4.47 Å². The Hall–Kier alpha value is -2.15. The number of hydrogen-bond acceptors (Lipinski definition) is 3. The number of rotatable bonds is 2. The number of hydrogen-bond donors (Lipinski definition) is 0. The summed E-state index contributed by atoms with van der Waals surface area (Å²) in [4.78, 5) is 24.9. The van der Waals surface area contributed by atoms with Gasteiger partial charge in [-0.1, -0.05) is 46.3 Å². The van der Waals surface area contributed by atoms with E-state index in [-0.39, 0.29) is 16.7 Å². The lowest BCUT2D eigenvalue weighted by Crippen LogP contribution is -2.21. The van der Waals surface area contributed by atoms with Gasteiger partial charge in [-0.25, -0.2) is 0 Å². The molecule has 1 aliphatic rings. The maximum absolute atomic E-state index is 12.6. The fourth-order valence-corrected chi connectivity index (χ4v) is 2.93. The first-order valence-corrected chi connectivity index (χ1v) is 7.30. The lowest BCUT2D eigenvalue weighted by Gasteiger charge is -2.16. The van der Waals surface area contributed by atoms with Crippen LogP contribution in [0.3, 0.4) is 0 Å². The minimum Gasteiger partial charge on any atom is -0.405 e. The molecule has 0 bridgehead atoms. The third-order valence-electron chi connectivity index (χ3n) is 3.49. The molecule has 0 heterocycles. The first kappa shape index (κ1) is 15.7. The second-order valence-corrected chi connectivity index (χ2v) is 5.85. The van der Waals surface area contributed by atoms with Crippen molar-refractivity contribution in [3.8, 4) is 5.75 Å². The highest BCUT2D eigenvalue weighted by atomic mass is 79.9. The van der Waals surface area contributed by atoms with Crippen LogP contribution in [0.2, 0.25) is 0 Å². The number of alkyl halides is 3. The summed E-state index contributed by atoms with van der Waals surface area (Å²) in [6.07, 6.45) is -4.92. The average molecular weight is 385 g/mol. The third-order valence-corrected chi connectivity index (χ3v) is 3.99. The maximum Gasteiger partial charge on any atom is 0.573 e. The Morgan fingerprint density at radius 3 is 2.04 bits per heavy atom. The largest absolute Gasteiger partial charge is 0.573 e. The quantitative estimate of drug-likeness (QED) is 0.715. The van der Waals surface area contributed by atoms with Gasteiger partial charge in [-0.3, -0.25) is 9.59 Å². The molecule has 23 heavy (non-hydrogen) atoms. The van der Waals surface area contributed by atoms with E-state index in [4.69, 9.17) is 0 Å². The maximum atomic E-state index is 12.6. The normalized spacial score (nSPS) is 15.0. The van der Waals surface area contributed by atoms with Gasteiger partial charge < -0.3 is 4.74 Å². The molecule has 0 spiro atoms. The zero-order valence-corrected chi connectivity index (χ0v) is 12.9. The van der Waals surface area contributed by atoms with Gasteiger partial charge in [0.25, 0.3) is 0 Å². The van der Waals surface area contributed by atoms with Crippen LogP contribution in [0.5, 0.6) is 5.75 Å². The molecule has 7 heteroatoms. The van der Waals surface area contributed by atoms with Crippen molar-refractivity contribution < 1.29 is 27.5 Å². The number of ketones is 2. The Balaban J connectivity index is 2.10. The van der Waals surface area contributed by atoms with Crippen LogP contribution in [-0.2, 0) is 0 Å². The Morgan fingerprint density at radius 2 is 1.52 bits per heavy atom. The Labute approximate surface area is 137 Å². The van der Waals surface area contributed by atoms with E-state index in [1.54, 1.807) is 12.1 Å². The predicted molar refractivity (Wildman–Crippen MR) is 78.7 cm³/mol. The molecule has 0 aliphatic heterocycles. The average Bonchev–Trinajstić information content (AvgIpc) is 2.71. The smallest absolute Gasteiger partial charge is 0.405 e. The van der Waals surface area contributed by atoms with Crippen molar-refractivity contribution in [2.24, 2.45) is 0 Å². The minimum atomic E-state index is -4.92. The van der Waals surface area contributed by atoms with E-state index in [0.717, 1.165) is 6.07 Å². The van der Waals surface area contributed by atoms with Crippen LogP contribution >= 0.6 is 15.9 Å². The molecule has 2 aromatic carbocycles. The lowest BCUT2D eigenvalue weighted by atomic mass is 9.93. The Kier molecular flexibility index (Phi) is 3.75. The van der Waals surface area contributed by atoms with E-state index >= 15 is 0 Å². The predicted octanol–water partition coefficient (Wildman–Crippen LogP) is 4.51. The summed E-state index contributed by atoms with van der Waals surface area (Å²) in [7, 11) is 0. The molecule has 0 saturated carbocycles. The number of benzene rings is 2. The van der Waals surface area contributed by atoms with Crippen molar-refractivity contribution in [1.29, 1.82) is 0 Å². The molecule has 118 valence electrons. The Morgan fingerprint density at radius 1 is 0.957 bits per heavy atom. The SMILES string of the molecule is O=C1c2ccccc2C(=O)C1c1ccc(Br)cc1OC(F)(F)F. The van der Waals surface area contributed by atoms with Crippen LogP contribution in [0.4, 0.5) is 13.2 Å². The lowest BCUT2D eigenvalue weighted by molar-refractivity contribution is -0.274. The van der Waals surface area contributed by atoms with Gasteiger partial charge in [-0.2, -0.15) is 0 Å². The molecule has 0 atom stereocenters. The number of fused-ring (bicyclic) bond motifs is 1. The van der Waals surface area contributed by atoms with Gasteiger partial charge in [0.1, 0.15) is 11.7 Å². The monoisotopic (exact) mass is 384 g/mol. The molecule has 1 aliphatic carbocycles. The minimum absolute atomic E-state index is 0.100. The summed E-state index contributed by atoms with van der Waals surface area (Å²) in [6, 6.07) is 10.0. The highest BCUT2D eigenvalue weighted by Gasteiger charge is 2.42. The van der Waals surface area contributed by atoms with E-state index < -0.39 is 29.6 Å². The molecule has 0 radical (unpaired) electrons. The molecule has 0 fully saturated rings. The van der Waals surface area contributed by atoms with Gasteiger partial charge in [0, 0.05) is 21.2 Å². The first-order chi connectivity index (χ1) is 10.8. The zero-order valence-electron chi connectivity index (χ0n) is 11.4. The molecule has 0 N–H and O–H groups in total. The van der Waals surface area contributed by atoms with Gasteiger partial charge in [-0.05, 0) is 12.1 Å². The molecule has 0 aromatic heterocycles. The number of ether oxygens (including phenoxy) is 1. The molecule has 3 rings (SSSR count). The molecule has 2 aromatic rings. The van der Waals surface area contributed by atoms with Crippen LogP contribution in [0, 0.1) is 0 Å². The van der Waals surface area contributed by atoms with Crippen molar-refractivity contribution in [3.05, 3.63) is 63.6 Å². The van der Waals surface area contributed by atoms with Crippen molar-refractivity contribution in [2.75, 3.05) is 0 Å². The first-order valence-electron chi connectivity index (χ1n) is 6.50. The molecule has 3 nitrogen and oxygen atoms in total. The molecular weight excluding hydrogens is 377 g/mol. The summed E-state index contributed by atoms with van der Waals surface area (Å²) in [6.45, 7) is 0. The number of carbonyl (C=O) groups excluding carboxylic acids is 2. The summed E-state index contributed by atoms with van der Waals surface area (Å²) in [5, 5.41) is 0. The van der Waals surface area contributed by atoms with Crippen molar-refractivity contribution >= 4 is 27.5 Å². The van der Waals surface area contributed by atoms with Gasteiger partial charge in [0.2, 0.25) is 0 Å². The second kappa shape index (κ2) is 5.49. The van der Waals surface area contributed by atoms with Crippen LogP contribution in [-0.4, -0.2) is 17.9 Å². The third kappa shape index (κ3) is 2.88. The molecule has 0 unspecified atom stereocenters. The summed E-state index contributed by atoms with van der Waals surface area (Å²) >= 11 is 3.05. The fourth-order valence-electron chi connectivity index (χ4n) is 2.59. The topological polar surface area (TPSA) is 43.4 Å². The molecule has 0 saturated heterocycles. The molecule has 0 amide bonds. The van der Waals surface area contributed by atoms with Crippen LogP contribution in [0.25, 0.3) is 0 Å². The summed E-state index contributed by atoms with van der Waals surface area (Å²) in [5.74, 6) is -2.94. The van der Waals surface area contributed by atoms with Gasteiger partial charge in [0.15, 0.2) is 11.6 Å². The highest BCUT2D eigenvalue weighted by molar-refractivity contribution is 9.10. The van der Waals surface area contributed by atoms with Crippen molar-refractivity contribution in [2.45, 2.75) is 12.3 Å². The van der Waals surface area contributed by atoms with Gasteiger partial charge >= 0.3 is 6.36 Å². The van der Waals surface area contributed by atoms with Crippen molar-refractivity contribution in [3.63, 3.8) is 0 Å².